The quantitative estimate of drug-likeness (QED) is 0.822. The van der Waals surface area contributed by atoms with E-state index in [2.05, 4.69) is 39.1 Å². The molecule has 0 saturated heterocycles. The molecular formula is C14H18N4. The van der Waals surface area contributed by atoms with Gasteiger partial charge in [-0.1, -0.05) is 30.3 Å². The smallest absolute Gasteiger partial charge is 0.134 e. The van der Waals surface area contributed by atoms with Crippen LogP contribution in [0.15, 0.2) is 42.7 Å². The lowest BCUT2D eigenvalue weighted by Gasteiger charge is -2.20. The fourth-order valence-corrected chi connectivity index (χ4v) is 1.73. The van der Waals surface area contributed by atoms with Crippen molar-refractivity contribution in [2.75, 3.05) is 30.9 Å². The second kappa shape index (κ2) is 5.49. The molecule has 0 spiro atoms. The summed E-state index contributed by atoms with van der Waals surface area (Å²) in [5.41, 5.74) is 1.27. The Hall–Kier alpha value is -2.10. The van der Waals surface area contributed by atoms with Crippen molar-refractivity contribution in [2.45, 2.75) is 6.54 Å². The lowest BCUT2D eigenvalue weighted by Crippen LogP contribution is -2.19. The van der Waals surface area contributed by atoms with Crippen molar-refractivity contribution in [2.24, 2.45) is 0 Å². The molecule has 1 heterocycles. The zero-order valence-corrected chi connectivity index (χ0v) is 11.0. The van der Waals surface area contributed by atoms with E-state index in [0.29, 0.717) is 0 Å². The van der Waals surface area contributed by atoms with E-state index in [1.165, 1.54) is 5.56 Å². The molecule has 4 nitrogen and oxygen atoms in total. The molecule has 0 radical (unpaired) electrons. The minimum absolute atomic E-state index is 0.838. The first-order chi connectivity index (χ1) is 8.66. The van der Waals surface area contributed by atoms with Crippen LogP contribution in [0.2, 0.25) is 0 Å². The minimum atomic E-state index is 0.838. The normalized spacial score (nSPS) is 10.2. The Bertz CT molecular complexity index is 496. The van der Waals surface area contributed by atoms with Crippen LogP contribution >= 0.6 is 0 Å². The predicted molar refractivity (Wildman–Crippen MR) is 74.9 cm³/mol. The van der Waals surface area contributed by atoms with Crippen LogP contribution in [-0.2, 0) is 6.54 Å². The average molecular weight is 242 g/mol. The Labute approximate surface area is 108 Å². The molecular weight excluding hydrogens is 224 g/mol. The topological polar surface area (TPSA) is 32.3 Å². The van der Waals surface area contributed by atoms with E-state index in [1.54, 1.807) is 6.33 Å². The minimum Gasteiger partial charge on any atom is -0.363 e. The van der Waals surface area contributed by atoms with Gasteiger partial charge in [0.2, 0.25) is 0 Å². The fraction of sp³-hybridized carbons (Fsp3) is 0.286. The number of nitrogens with zero attached hydrogens (tertiary/aromatic N) is 4. The molecule has 0 aliphatic carbocycles. The zero-order chi connectivity index (χ0) is 13.0. The van der Waals surface area contributed by atoms with E-state index >= 15 is 0 Å². The van der Waals surface area contributed by atoms with Crippen LogP contribution in [0.3, 0.4) is 0 Å². The van der Waals surface area contributed by atoms with Gasteiger partial charge in [-0.15, -0.1) is 0 Å². The summed E-state index contributed by atoms with van der Waals surface area (Å²) in [6.07, 6.45) is 1.60. The number of anilines is 2. The average Bonchev–Trinajstić information content (AvgIpc) is 2.40. The van der Waals surface area contributed by atoms with Gasteiger partial charge >= 0.3 is 0 Å². The Morgan fingerprint density at radius 2 is 1.61 bits per heavy atom. The molecule has 4 heteroatoms. The molecule has 0 aliphatic heterocycles. The first-order valence-corrected chi connectivity index (χ1v) is 5.91. The summed E-state index contributed by atoms with van der Waals surface area (Å²) in [4.78, 5) is 12.6. The molecule has 0 atom stereocenters. The van der Waals surface area contributed by atoms with Crippen LogP contribution in [0.25, 0.3) is 0 Å². The molecule has 0 aliphatic rings. The maximum atomic E-state index is 4.31. The molecule has 2 rings (SSSR count). The Morgan fingerprint density at radius 3 is 2.28 bits per heavy atom. The molecule has 0 amide bonds. The monoisotopic (exact) mass is 242 g/mol. The maximum Gasteiger partial charge on any atom is 0.134 e. The van der Waals surface area contributed by atoms with E-state index < -0.39 is 0 Å². The van der Waals surface area contributed by atoms with Gasteiger partial charge in [0.15, 0.2) is 0 Å². The molecule has 1 aromatic heterocycles. The Morgan fingerprint density at radius 1 is 0.944 bits per heavy atom. The van der Waals surface area contributed by atoms with E-state index in [9.17, 15) is 0 Å². The molecule has 0 N–H and O–H groups in total. The van der Waals surface area contributed by atoms with Gasteiger partial charge in [-0.2, -0.15) is 0 Å². The van der Waals surface area contributed by atoms with Gasteiger partial charge in [0.05, 0.1) is 0 Å². The molecule has 18 heavy (non-hydrogen) atoms. The number of hydrogen-bond acceptors (Lipinski definition) is 4. The number of benzene rings is 1. The summed E-state index contributed by atoms with van der Waals surface area (Å²) in [6, 6.07) is 12.3. The lowest BCUT2D eigenvalue weighted by atomic mass is 10.2. The van der Waals surface area contributed by atoms with E-state index in [0.717, 1.165) is 18.2 Å². The van der Waals surface area contributed by atoms with Gasteiger partial charge < -0.3 is 9.80 Å². The second-order valence-corrected chi connectivity index (χ2v) is 4.47. The highest BCUT2D eigenvalue weighted by atomic mass is 15.2. The summed E-state index contributed by atoms with van der Waals surface area (Å²) in [5.74, 6) is 1.84. The summed E-state index contributed by atoms with van der Waals surface area (Å²) in [5, 5.41) is 0. The highest BCUT2D eigenvalue weighted by Gasteiger charge is 2.06. The van der Waals surface area contributed by atoms with Crippen molar-refractivity contribution in [3.8, 4) is 0 Å². The highest BCUT2D eigenvalue weighted by Crippen LogP contribution is 2.16. The van der Waals surface area contributed by atoms with E-state index in [4.69, 9.17) is 0 Å². The van der Waals surface area contributed by atoms with Crippen LogP contribution in [0, 0.1) is 0 Å². The van der Waals surface area contributed by atoms with Crippen molar-refractivity contribution in [1.29, 1.82) is 0 Å². The number of hydrogen-bond donors (Lipinski definition) is 0. The van der Waals surface area contributed by atoms with Crippen LogP contribution in [0.1, 0.15) is 5.56 Å². The summed E-state index contributed by atoms with van der Waals surface area (Å²) in [6.45, 7) is 0.838. The van der Waals surface area contributed by atoms with E-state index in [-0.39, 0.29) is 0 Å². The molecule has 1 aromatic carbocycles. The van der Waals surface area contributed by atoms with Crippen molar-refractivity contribution < 1.29 is 0 Å². The van der Waals surface area contributed by atoms with Gasteiger partial charge in [0, 0.05) is 33.8 Å². The molecule has 0 bridgehead atoms. The van der Waals surface area contributed by atoms with Crippen LogP contribution < -0.4 is 9.80 Å². The highest BCUT2D eigenvalue weighted by molar-refractivity contribution is 5.49. The summed E-state index contributed by atoms with van der Waals surface area (Å²) >= 11 is 0. The predicted octanol–water partition coefficient (Wildman–Crippen LogP) is 2.18. The fourth-order valence-electron chi connectivity index (χ4n) is 1.73. The van der Waals surface area contributed by atoms with Gasteiger partial charge in [-0.25, -0.2) is 9.97 Å². The third-order valence-electron chi connectivity index (χ3n) is 2.75. The molecule has 0 unspecified atom stereocenters. The second-order valence-electron chi connectivity index (χ2n) is 4.47. The van der Waals surface area contributed by atoms with Gasteiger partial charge in [-0.05, 0) is 5.56 Å². The first-order valence-electron chi connectivity index (χ1n) is 5.91. The van der Waals surface area contributed by atoms with Crippen molar-refractivity contribution in [1.82, 2.24) is 9.97 Å². The molecule has 2 aromatic rings. The third kappa shape index (κ3) is 2.97. The van der Waals surface area contributed by atoms with Crippen molar-refractivity contribution in [3.63, 3.8) is 0 Å². The van der Waals surface area contributed by atoms with Crippen molar-refractivity contribution >= 4 is 11.6 Å². The molecule has 0 saturated carbocycles. The zero-order valence-electron chi connectivity index (χ0n) is 11.0. The van der Waals surface area contributed by atoms with Crippen LogP contribution in [-0.4, -0.2) is 31.1 Å². The molecule has 94 valence electrons. The largest absolute Gasteiger partial charge is 0.363 e. The SMILES string of the molecule is CN(C)c1cc(N(C)Cc2ccccc2)ncn1. The third-order valence-corrected chi connectivity index (χ3v) is 2.75. The van der Waals surface area contributed by atoms with Crippen LogP contribution in [0.4, 0.5) is 11.6 Å². The maximum absolute atomic E-state index is 4.31. The summed E-state index contributed by atoms with van der Waals surface area (Å²) < 4.78 is 0. The molecule has 0 fully saturated rings. The number of aromatic nitrogens is 2. The van der Waals surface area contributed by atoms with Crippen molar-refractivity contribution in [3.05, 3.63) is 48.3 Å². The lowest BCUT2D eigenvalue weighted by molar-refractivity contribution is 0.887. The van der Waals surface area contributed by atoms with Crippen LogP contribution in [0.5, 0.6) is 0 Å². The standard InChI is InChI=1S/C14H18N4/c1-17(2)13-9-14(16-11-15-13)18(3)10-12-7-5-4-6-8-12/h4-9,11H,10H2,1-3H3. The van der Waals surface area contributed by atoms with Gasteiger partial charge in [0.25, 0.3) is 0 Å². The Balaban J connectivity index is 2.14. The van der Waals surface area contributed by atoms with Gasteiger partial charge in [-0.3, -0.25) is 0 Å². The van der Waals surface area contributed by atoms with E-state index in [1.807, 2.05) is 38.2 Å². The number of rotatable bonds is 4. The van der Waals surface area contributed by atoms with Gasteiger partial charge in [0.1, 0.15) is 18.0 Å². The Kier molecular flexibility index (Phi) is 3.77. The first kappa shape index (κ1) is 12.4. The summed E-state index contributed by atoms with van der Waals surface area (Å²) in [7, 11) is 5.99.